The van der Waals surface area contributed by atoms with Gasteiger partial charge in [0.25, 0.3) is 0 Å². The Morgan fingerprint density at radius 2 is 0.708 bits per heavy atom. The lowest BCUT2D eigenvalue weighted by atomic mass is 9.65. The quantitative estimate of drug-likeness (QED) is 0.356. The van der Waals surface area contributed by atoms with Gasteiger partial charge in [-0.15, -0.1) is 0 Å². The number of hydrogen-bond acceptors (Lipinski definition) is 0. The third-order valence-electron chi connectivity index (χ3n) is 8.50. The van der Waals surface area contributed by atoms with Gasteiger partial charge in [0.2, 0.25) is 0 Å². The fourth-order valence-corrected chi connectivity index (χ4v) is 4.72. The van der Waals surface area contributed by atoms with Gasteiger partial charge in [0.05, 0.1) is 0 Å². The van der Waals surface area contributed by atoms with Gasteiger partial charge in [-0.1, -0.05) is 95.9 Å². The summed E-state index contributed by atoms with van der Waals surface area (Å²) in [6, 6.07) is 0. The summed E-state index contributed by atoms with van der Waals surface area (Å²) in [6.45, 7) is 29.5. The van der Waals surface area contributed by atoms with E-state index in [4.69, 9.17) is 0 Å². The molecule has 146 valence electrons. The maximum atomic E-state index is 2.52. The van der Waals surface area contributed by atoms with Crippen molar-refractivity contribution in [1.29, 1.82) is 0 Å². The smallest absolute Gasteiger partial charge is 0.0386 e. The molecular formula is C24H50. The van der Waals surface area contributed by atoms with E-state index in [1.807, 2.05) is 0 Å². The van der Waals surface area contributed by atoms with E-state index >= 15 is 0 Å². The second-order valence-corrected chi connectivity index (χ2v) is 9.88. The topological polar surface area (TPSA) is 0 Å². The summed E-state index contributed by atoms with van der Waals surface area (Å²) in [5, 5.41) is 0. The standard InChI is InChI=1S/C24H50/c1-13-14-16(4)18(6)20(8)22(10)24(12)23(11)21(9)19(7)17(5)15(2)3/h15-24H,13-14H2,1-12H3. The van der Waals surface area contributed by atoms with Crippen molar-refractivity contribution in [2.75, 3.05) is 0 Å². The van der Waals surface area contributed by atoms with Gasteiger partial charge in [0.15, 0.2) is 0 Å². The first-order valence-corrected chi connectivity index (χ1v) is 11.0. The fourth-order valence-electron chi connectivity index (χ4n) is 4.72. The lowest BCUT2D eigenvalue weighted by molar-refractivity contribution is 0.0824. The van der Waals surface area contributed by atoms with E-state index in [9.17, 15) is 0 Å². The van der Waals surface area contributed by atoms with Gasteiger partial charge in [0.1, 0.15) is 0 Å². The summed E-state index contributed by atoms with van der Waals surface area (Å²) in [5.41, 5.74) is 0. The van der Waals surface area contributed by atoms with Crippen LogP contribution in [0.1, 0.15) is 95.9 Å². The van der Waals surface area contributed by atoms with E-state index in [1.54, 1.807) is 0 Å². The molecule has 0 saturated heterocycles. The van der Waals surface area contributed by atoms with Crippen molar-refractivity contribution < 1.29 is 0 Å². The first kappa shape index (κ1) is 24.0. The molecule has 24 heavy (non-hydrogen) atoms. The molecule has 0 radical (unpaired) electrons. The van der Waals surface area contributed by atoms with Crippen LogP contribution in [0.15, 0.2) is 0 Å². The normalized spacial score (nSPS) is 23.9. The molecule has 0 fully saturated rings. The Labute approximate surface area is 155 Å². The van der Waals surface area contributed by atoms with Crippen LogP contribution in [0, 0.1) is 59.2 Å². The molecule has 9 atom stereocenters. The number of hydrogen-bond donors (Lipinski definition) is 0. The van der Waals surface area contributed by atoms with Crippen LogP contribution < -0.4 is 0 Å². The molecule has 9 unspecified atom stereocenters. The lowest BCUT2D eigenvalue weighted by Gasteiger charge is -2.40. The average Bonchev–Trinajstić information content (AvgIpc) is 2.56. The minimum Gasteiger partial charge on any atom is -0.0654 e. The molecule has 0 aliphatic rings. The SMILES string of the molecule is CCCC(C)C(C)C(C)C(C)C(C)C(C)C(C)C(C)C(C)C(C)C. The summed E-state index contributed by atoms with van der Waals surface area (Å²) >= 11 is 0. The van der Waals surface area contributed by atoms with Crippen LogP contribution in [0.4, 0.5) is 0 Å². The molecule has 0 nitrogen and oxygen atoms in total. The maximum absolute atomic E-state index is 2.52. The second kappa shape index (κ2) is 10.9. The zero-order valence-corrected chi connectivity index (χ0v) is 19.2. The predicted octanol–water partition coefficient (Wildman–Crippen LogP) is 8.17. The Morgan fingerprint density at radius 1 is 0.417 bits per heavy atom. The minimum atomic E-state index is 0.788. The molecule has 0 heteroatoms. The number of rotatable bonds is 11. The van der Waals surface area contributed by atoms with Crippen molar-refractivity contribution in [1.82, 2.24) is 0 Å². The maximum Gasteiger partial charge on any atom is -0.0386 e. The van der Waals surface area contributed by atoms with Crippen LogP contribution in [0.25, 0.3) is 0 Å². The molecule has 0 N–H and O–H groups in total. The predicted molar refractivity (Wildman–Crippen MR) is 112 cm³/mol. The van der Waals surface area contributed by atoms with Crippen LogP contribution in [-0.4, -0.2) is 0 Å². The largest absolute Gasteiger partial charge is 0.0654 e. The third kappa shape index (κ3) is 6.38. The fraction of sp³-hybridized carbons (Fsp3) is 1.00. The Bertz CT molecular complexity index is 318. The monoisotopic (exact) mass is 338 g/mol. The molecule has 0 aliphatic heterocycles. The summed E-state index contributed by atoms with van der Waals surface area (Å²) in [4.78, 5) is 0. The van der Waals surface area contributed by atoms with Gasteiger partial charge >= 0.3 is 0 Å². The van der Waals surface area contributed by atoms with Gasteiger partial charge < -0.3 is 0 Å². The molecule has 0 spiro atoms. The first-order valence-electron chi connectivity index (χ1n) is 11.0. The zero-order chi connectivity index (χ0) is 19.2. The molecule has 0 aromatic carbocycles. The summed E-state index contributed by atoms with van der Waals surface area (Å²) in [6.07, 6.45) is 2.70. The van der Waals surface area contributed by atoms with Crippen LogP contribution >= 0.6 is 0 Å². The highest BCUT2D eigenvalue weighted by atomic mass is 14.4. The molecule has 0 saturated carbocycles. The Kier molecular flexibility index (Phi) is 10.9. The van der Waals surface area contributed by atoms with Crippen LogP contribution in [-0.2, 0) is 0 Å². The van der Waals surface area contributed by atoms with Crippen LogP contribution in [0.2, 0.25) is 0 Å². The lowest BCUT2D eigenvalue weighted by Crippen LogP contribution is -2.34. The van der Waals surface area contributed by atoms with E-state index in [1.165, 1.54) is 12.8 Å². The van der Waals surface area contributed by atoms with Crippen LogP contribution in [0.3, 0.4) is 0 Å². The minimum absolute atomic E-state index is 0.788. The van der Waals surface area contributed by atoms with Crippen molar-refractivity contribution in [3.63, 3.8) is 0 Å². The first-order chi connectivity index (χ1) is 11.0. The van der Waals surface area contributed by atoms with E-state index in [-0.39, 0.29) is 0 Å². The van der Waals surface area contributed by atoms with Crippen molar-refractivity contribution in [2.45, 2.75) is 95.9 Å². The molecule has 0 amide bonds. The average molecular weight is 339 g/mol. The van der Waals surface area contributed by atoms with Crippen LogP contribution in [0.5, 0.6) is 0 Å². The van der Waals surface area contributed by atoms with Gasteiger partial charge in [-0.3, -0.25) is 0 Å². The third-order valence-corrected chi connectivity index (χ3v) is 8.50. The highest BCUT2D eigenvalue weighted by molar-refractivity contribution is 4.82. The Hall–Kier alpha value is 0. The molecule has 0 bridgehead atoms. The summed E-state index contributed by atoms with van der Waals surface area (Å²) in [7, 11) is 0. The van der Waals surface area contributed by atoms with Gasteiger partial charge in [0, 0.05) is 0 Å². The highest BCUT2D eigenvalue weighted by Crippen LogP contribution is 2.40. The molecular weight excluding hydrogens is 288 g/mol. The molecule has 0 rings (SSSR count). The van der Waals surface area contributed by atoms with E-state index in [0.29, 0.717) is 0 Å². The molecule has 0 aliphatic carbocycles. The van der Waals surface area contributed by atoms with Crippen molar-refractivity contribution in [3.8, 4) is 0 Å². The molecule has 0 heterocycles. The van der Waals surface area contributed by atoms with E-state index in [2.05, 4.69) is 83.1 Å². The molecule has 0 aromatic heterocycles. The van der Waals surface area contributed by atoms with Crippen molar-refractivity contribution in [2.24, 2.45) is 59.2 Å². The highest BCUT2D eigenvalue weighted by Gasteiger charge is 2.34. The second-order valence-electron chi connectivity index (χ2n) is 9.88. The van der Waals surface area contributed by atoms with E-state index < -0.39 is 0 Å². The summed E-state index contributed by atoms with van der Waals surface area (Å²) in [5.74, 6) is 8.11. The van der Waals surface area contributed by atoms with Crippen molar-refractivity contribution in [3.05, 3.63) is 0 Å². The Morgan fingerprint density at radius 3 is 1.00 bits per heavy atom. The van der Waals surface area contributed by atoms with E-state index in [0.717, 1.165) is 59.2 Å². The summed E-state index contributed by atoms with van der Waals surface area (Å²) < 4.78 is 0. The van der Waals surface area contributed by atoms with Gasteiger partial charge in [-0.05, 0) is 59.2 Å². The Balaban J connectivity index is 4.89. The zero-order valence-electron chi connectivity index (χ0n) is 19.2. The molecule has 0 aromatic rings. The van der Waals surface area contributed by atoms with Crippen molar-refractivity contribution >= 4 is 0 Å². The van der Waals surface area contributed by atoms with Gasteiger partial charge in [-0.25, -0.2) is 0 Å². The van der Waals surface area contributed by atoms with Gasteiger partial charge in [-0.2, -0.15) is 0 Å².